The van der Waals surface area contributed by atoms with Crippen molar-refractivity contribution in [1.29, 1.82) is 0 Å². The molecule has 0 fully saturated rings. The zero-order chi connectivity index (χ0) is 13.7. The van der Waals surface area contributed by atoms with Crippen molar-refractivity contribution >= 4 is 17.4 Å². The second-order valence-electron chi connectivity index (χ2n) is 5.71. The topological polar surface area (TPSA) is 17.1 Å². The minimum Gasteiger partial charge on any atom is -0.294 e. The highest BCUT2D eigenvalue weighted by Gasteiger charge is 2.28. The fourth-order valence-electron chi connectivity index (χ4n) is 3.57. The molecule has 1 atom stereocenters. The van der Waals surface area contributed by atoms with Gasteiger partial charge in [-0.15, -0.1) is 0 Å². The van der Waals surface area contributed by atoms with Crippen molar-refractivity contribution in [1.82, 2.24) is 0 Å². The summed E-state index contributed by atoms with van der Waals surface area (Å²) in [5, 5.41) is 0. The molecule has 4 rings (SSSR count). The van der Waals surface area contributed by atoms with Crippen LogP contribution in [0.4, 0.5) is 0 Å². The van der Waals surface area contributed by atoms with Crippen LogP contribution in [0.2, 0.25) is 0 Å². The number of ketones is 1. The lowest BCUT2D eigenvalue weighted by Gasteiger charge is -2.29. The molecule has 0 amide bonds. The van der Waals surface area contributed by atoms with Crippen LogP contribution < -0.4 is 0 Å². The summed E-state index contributed by atoms with van der Waals surface area (Å²) in [6.45, 7) is 2.20. The van der Waals surface area contributed by atoms with Crippen LogP contribution in [-0.4, -0.2) is 5.78 Å². The highest BCUT2D eigenvalue weighted by Crippen LogP contribution is 2.43. The van der Waals surface area contributed by atoms with Crippen LogP contribution in [0.25, 0.3) is 11.6 Å². The standard InChI is InChI=1S/C19H16O/c1-12-11-14-5-2-3-7-15(14)16-10-9-13-6-4-8-17(20)19(13)18(12)16/h2-4,6-7,9-12H,5,8H2,1H3. The van der Waals surface area contributed by atoms with Crippen LogP contribution >= 0.6 is 0 Å². The third-order valence-corrected chi connectivity index (χ3v) is 4.44. The summed E-state index contributed by atoms with van der Waals surface area (Å²) in [6, 6.07) is 4.28. The molecule has 0 radical (unpaired) electrons. The first-order valence-corrected chi connectivity index (χ1v) is 7.20. The molecule has 0 saturated carbocycles. The van der Waals surface area contributed by atoms with Gasteiger partial charge < -0.3 is 0 Å². The fraction of sp³-hybridized carbons (Fsp3) is 0.211. The largest absolute Gasteiger partial charge is 0.294 e. The van der Waals surface area contributed by atoms with Gasteiger partial charge in [-0.1, -0.05) is 55.5 Å². The zero-order valence-corrected chi connectivity index (χ0v) is 11.5. The second kappa shape index (κ2) is 4.17. The van der Waals surface area contributed by atoms with Gasteiger partial charge in [0.15, 0.2) is 5.78 Å². The minimum atomic E-state index is 0.259. The van der Waals surface area contributed by atoms with E-state index in [2.05, 4.69) is 49.4 Å². The lowest BCUT2D eigenvalue weighted by atomic mass is 9.74. The van der Waals surface area contributed by atoms with Crippen molar-refractivity contribution in [2.45, 2.75) is 25.7 Å². The number of fused-ring (bicyclic) bond motifs is 5. The van der Waals surface area contributed by atoms with E-state index in [9.17, 15) is 4.79 Å². The molecule has 0 N–H and O–H groups in total. The van der Waals surface area contributed by atoms with Crippen molar-refractivity contribution in [2.75, 3.05) is 0 Å². The number of carbonyl (C=O) groups is 1. The highest BCUT2D eigenvalue weighted by molar-refractivity contribution is 6.06. The molecule has 20 heavy (non-hydrogen) atoms. The van der Waals surface area contributed by atoms with Crippen molar-refractivity contribution < 1.29 is 4.79 Å². The van der Waals surface area contributed by atoms with Gasteiger partial charge in [-0.05, 0) is 34.3 Å². The molecule has 1 aromatic rings. The number of Topliss-reactive ketones (excluding diaryl/α,β-unsaturated/α-hetero) is 1. The average molecular weight is 260 g/mol. The van der Waals surface area contributed by atoms with E-state index in [0.717, 1.165) is 17.5 Å². The van der Waals surface area contributed by atoms with E-state index < -0.39 is 0 Å². The normalized spacial score (nSPS) is 22.6. The monoisotopic (exact) mass is 260 g/mol. The van der Waals surface area contributed by atoms with E-state index in [0.29, 0.717) is 12.3 Å². The van der Waals surface area contributed by atoms with Gasteiger partial charge in [0, 0.05) is 17.9 Å². The molecule has 0 heterocycles. The zero-order valence-electron chi connectivity index (χ0n) is 11.5. The summed E-state index contributed by atoms with van der Waals surface area (Å²) in [4.78, 5) is 12.4. The molecule has 0 spiro atoms. The quantitative estimate of drug-likeness (QED) is 0.662. The van der Waals surface area contributed by atoms with E-state index in [1.54, 1.807) is 0 Å². The number of carbonyl (C=O) groups excluding carboxylic acids is 1. The SMILES string of the molecule is CC1C=C2CC=CC=C2c2ccc3c(c21)C(=O)CC=C3. The first kappa shape index (κ1) is 11.7. The summed E-state index contributed by atoms with van der Waals surface area (Å²) in [7, 11) is 0. The highest BCUT2D eigenvalue weighted by atomic mass is 16.1. The number of benzene rings is 1. The van der Waals surface area contributed by atoms with Gasteiger partial charge in [-0.3, -0.25) is 4.79 Å². The number of hydrogen-bond acceptors (Lipinski definition) is 1. The van der Waals surface area contributed by atoms with E-state index in [4.69, 9.17) is 0 Å². The van der Waals surface area contributed by atoms with E-state index in [1.165, 1.54) is 22.3 Å². The van der Waals surface area contributed by atoms with Crippen molar-refractivity contribution in [3.8, 4) is 0 Å². The van der Waals surface area contributed by atoms with E-state index >= 15 is 0 Å². The third kappa shape index (κ3) is 1.53. The molecule has 0 aliphatic heterocycles. The van der Waals surface area contributed by atoms with Gasteiger partial charge in [-0.2, -0.15) is 0 Å². The first-order chi connectivity index (χ1) is 9.75. The fourth-order valence-corrected chi connectivity index (χ4v) is 3.57. The summed E-state index contributed by atoms with van der Waals surface area (Å²) in [5.74, 6) is 0.573. The molecule has 1 nitrogen and oxygen atoms in total. The molecular formula is C19H16O. The Morgan fingerprint density at radius 2 is 2.05 bits per heavy atom. The number of hydrogen-bond donors (Lipinski definition) is 0. The molecule has 0 aromatic heterocycles. The summed E-state index contributed by atoms with van der Waals surface area (Å²) in [5.41, 5.74) is 7.19. The first-order valence-electron chi connectivity index (χ1n) is 7.20. The van der Waals surface area contributed by atoms with Crippen LogP contribution in [0.1, 0.15) is 52.7 Å². The molecule has 1 aromatic carbocycles. The Hall–Kier alpha value is -2.15. The molecule has 0 saturated heterocycles. The molecule has 3 aliphatic carbocycles. The minimum absolute atomic E-state index is 0.259. The molecule has 0 bridgehead atoms. The Kier molecular flexibility index (Phi) is 2.43. The van der Waals surface area contributed by atoms with Crippen LogP contribution in [0, 0.1) is 0 Å². The lowest BCUT2D eigenvalue weighted by Crippen LogP contribution is -2.16. The average Bonchev–Trinajstić information content (AvgIpc) is 2.47. The second-order valence-corrected chi connectivity index (χ2v) is 5.71. The van der Waals surface area contributed by atoms with Crippen molar-refractivity contribution in [3.63, 3.8) is 0 Å². The van der Waals surface area contributed by atoms with Gasteiger partial charge in [0.1, 0.15) is 0 Å². The van der Waals surface area contributed by atoms with Crippen LogP contribution in [0.15, 0.2) is 48.1 Å². The molecule has 98 valence electrons. The maximum Gasteiger partial charge on any atom is 0.167 e. The number of rotatable bonds is 0. The predicted molar refractivity (Wildman–Crippen MR) is 82.7 cm³/mol. The maximum absolute atomic E-state index is 12.4. The molecular weight excluding hydrogens is 244 g/mol. The molecule has 1 heteroatoms. The van der Waals surface area contributed by atoms with Crippen molar-refractivity contribution in [2.24, 2.45) is 0 Å². The summed E-state index contributed by atoms with van der Waals surface area (Å²) < 4.78 is 0. The van der Waals surface area contributed by atoms with Gasteiger partial charge in [0.05, 0.1) is 0 Å². The lowest BCUT2D eigenvalue weighted by molar-refractivity contribution is 0.0993. The van der Waals surface area contributed by atoms with E-state index in [-0.39, 0.29) is 5.78 Å². The Balaban J connectivity index is 2.03. The molecule has 1 unspecified atom stereocenters. The van der Waals surface area contributed by atoms with E-state index in [1.807, 2.05) is 6.08 Å². The maximum atomic E-state index is 12.4. The van der Waals surface area contributed by atoms with Gasteiger partial charge in [0.25, 0.3) is 0 Å². The summed E-state index contributed by atoms with van der Waals surface area (Å²) >= 11 is 0. The third-order valence-electron chi connectivity index (χ3n) is 4.44. The van der Waals surface area contributed by atoms with Crippen LogP contribution in [-0.2, 0) is 0 Å². The molecule has 3 aliphatic rings. The van der Waals surface area contributed by atoms with Gasteiger partial charge in [-0.25, -0.2) is 0 Å². The number of allylic oxidation sites excluding steroid dienone is 7. The van der Waals surface area contributed by atoms with Crippen LogP contribution in [0.3, 0.4) is 0 Å². The smallest absolute Gasteiger partial charge is 0.167 e. The van der Waals surface area contributed by atoms with Crippen LogP contribution in [0.5, 0.6) is 0 Å². The predicted octanol–water partition coefficient (Wildman–Crippen LogP) is 4.67. The Morgan fingerprint density at radius 1 is 1.15 bits per heavy atom. The Labute approximate surface area is 119 Å². The summed E-state index contributed by atoms with van der Waals surface area (Å²) in [6.07, 6.45) is 14.4. The Morgan fingerprint density at radius 3 is 2.95 bits per heavy atom. The van der Waals surface area contributed by atoms with Gasteiger partial charge in [0.2, 0.25) is 0 Å². The Bertz CT molecular complexity index is 741. The van der Waals surface area contributed by atoms with Gasteiger partial charge >= 0.3 is 0 Å². The van der Waals surface area contributed by atoms with Crippen molar-refractivity contribution in [3.05, 3.63) is 70.3 Å².